The van der Waals surface area contributed by atoms with Crippen LogP contribution in [-0.2, 0) is 23.7 Å². The van der Waals surface area contributed by atoms with Gasteiger partial charge in [-0.15, -0.1) is 0 Å². The Kier molecular flexibility index (Phi) is 46.9. The molecule has 0 spiro atoms. The molecule has 0 radical (unpaired) electrons. The molecule has 9 nitrogen and oxygen atoms in total. The molecule has 1 fully saturated rings. The second-order valence-corrected chi connectivity index (χ2v) is 19.4. The Morgan fingerprint density at radius 3 is 1.31 bits per heavy atom. The van der Waals surface area contributed by atoms with Crippen molar-refractivity contribution >= 4 is 5.97 Å². The molecular formula is C59H106O9. The van der Waals surface area contributed by atoms with Gasteiger partial charge in [-0.1, -0.05) is 216 Å². The number of hydrogen-bond acceptors (Lipinski definition) is 9. The second-order valence-electron chi connectivity index (χ2n) is 19.4. The third-order valence-electron chi connectivity index (χ3n) is 12.9. The smallest absolute Gasteiger partial charge is 0.306 e. The highest BCUT2D eigenvalue weighted by atomic mass is 16.7. The van der Waals surface area contributed by atoms with E-state index >= 15 is 0 Å². The summed E-state index contributed by atoms with van der Waals surface area (Å²) in [6.07, 6.45) is 58.3. The lowest BCUT2D eigenvalue weighted by Crippen LogP contribution is -2.59. The van der Waals surface area contributed by atoms with Gasteiger partial charge in [0.25, 0.3) is 0 Å². The van der Waals surface area contributed by atoms with Crippen LogP contribution in [0.15, 0.2) is 60.8 Å². The maximum atomic E-state index is 12.9. The predicted octanol–water partition coefficient (Wildman–Crippen LogP) is 14.6. The zero-order chi connectivity index (χ0) is 49.2. The van der Waals surface area contributed by atoms with Gasteiger partial charge in [0.1, 0.15) is 30.5 Å². The highest BCUT2D eigenvalue weighted by molar-refractivity contribution is 5.69. The number of allylic oxidation sites excluding steroid dienone is 10. The van der Waals surface area contributed by atoms with Gasteiger partial charge in [0, 0.05) is 13.0 Å². The quantitative estimate of drug-likeness (QED) is 0.0267. The lowest BCUT2D eigenvalue weighted by Gasteiger charge is -2.39. The van der Waals surface area contributed by atoms with Gasteiger partial charge in [-0.3, -0.25) is 4.79 Å². The van der Waals surface area contributed by atoms with Crippen molar-refractivity contribution in [1.82, 2.24) is 0 Å². The Bertz CT molecular complexity index is 1230. The third kappa shape index (κ3) is 39.6. The summed E-state index contributed by atoms with van der Waals surface area (Å²) in [5.74, 6) is -0.318. The molecular weight excluding hydrogens is 853 g/mol. The second kappa shape index (κ2) is 49.9. The Labute approximate surface area is 417 Å². The number of aliphatic hydroxyl groups is 4. The van der Waals surface area contributed by atoms with Crippen LogP contribution in [0, 0.1) is 0 Å². The standard InChI is InChI=1S/C59H106O9/c1-3-5-7-9-11-13-15-17-19-21-23-24-25-26-27-28-29-31-33-35-37-39-41-43-45-47-49-65-51-53(52-66-59-58(64)57(63)56(62)54(50-60)68-59)67-55(61)48-46-44-42-40-38-36-34-32-30-22-20-18-16-14-12-10-8-6-4-2/h12,14-15,17-18,20-21,23,25-26,53-54,56-60,62-64H,3-11,13,16,19,22,24,27-52H2,1-2H3/b14-12-,17-15-,20-18-,23-21-,26-25-. The third-order valence-corrected chi connectivity index (χ3v) is 12.9. The Morgan fingerprint density at radius 2 is 0.853 bits per heavy atom. The van der Waals surface area contributed by atoms with Gasteiger partial charge in [-0.25, -0.2) is 0 Å². The molecule has 0 amide bonds. The van der Waals surface area contributed by atoms with Gasteiger partial charge in [-0.05, 0) is 83.5 Å². The molecule has 0 saturated carbocycles. The topological polar surface area (TPSA) is 135 Å². The van der Waals surface area contributed by atoms with Gasteiger partial charge >= 0.3 is 5.97 Å². The SMILES string of the molecule is CCCCC/C=C\C/C=C\CCCCCCCCCCCC(=O)OC(COCCCCCCCCCCCCC/C=C\C/C=C\C/C=C\CCCCCCC)COC1OC(CO)C(O)C(O)C1O. The van der Waals surface area contributed by atoms with E-state index in [2.05, 4.69) is 74.6 Å². The summed E-state index contributed by atoms with van der Waals surface area (Å²) in [5.41, 5.74) is 0. The molecule has 1 saturated heterocycles. The van der Waals surface area contributed by atoms with Crippen LogP contribution in [0.5, 0.6) is 0 Å². The van der Waals surface area contributed by atoms with Gasteiger partial charge in [0.2, 0.25) is 0 Å². The molecule has 0 aromatic carbocycles. The number of ether oxygens (including phenoxy) is 4. The first-order valence-corrected chi connectivity index (χ1v) is 28.4. The number of unbranched alkanes of at least 4 members (excludes halogenated alkanes) is 28. The van der Waals surface area contributed by atoms with E-state index in [1.807, 2.05) is 0 Å². The molecule has 0 aromatic heterocycles. The van der Waals surface area contributed by atoms with Gasteiger partial charge in [0.05, 0.1) is 19.8 Å². The Balaban J connectivity index is 2.16. The molecule has 9 heteroatoms. The molecule has 396 valence electrons. The zero-order valence-electron chi connectivity index (χ0n) is 43.9. The van der Waals surface area contributed by atoms with Crippen molar-refractivity contribution in [3.63, 3.8) is 0 Å². The van der Waals surface area contributed by atoms with E-state index in [9.17, 15) is 25.2 Å². The largest absolute Gasteiger partial charge is 0.457 e. The van der Waals surface area contributed by atoms with Crippen LogP contribution in [-0.4, -0.2) is 89.6 Å². The number of carbonyl (C=O) groups is 1. The van der Waals surface area contributed by atoms with E-state index < -0.39 is 43.4 Å². The van der Waals surface area contributed by atoms with Crippen molar-refractivity contribution in [2.75, 3.05) is 26.4 Å². The van der Waals surface area contributed by atoms with Gasteiger partial charge < -0.3 is 39.4 Å². The Morgan fingerprint density at radius 1 is 0.471 bits per heavy atom. The molecule has 0 bridgehead atoms. The summed E-state index contributed by atoms with van der Waals surface area (Å²) in [4.78, 5) is 12.9. The first-order chi connectivity index (χ1) is 33.4. The lowest BCUT2D eigenvalue weighted by atomic mass is 9.99. The van der Waals surface area contributed by atoms with Crippen molar-refractivity contribution in [2.45, 2.75) is 282 Å². The molecule has 1 aliphatic rings. The van der Waals surface area contributed by atoms with Crippen molar-refractivity contribution in [1.29, 1.82) is 0 Å². The number of esters is 1. The van der Waals surface area contributed by atoms with E-state index in [1.165, 1.54) is 173 Å². The van der Waals surface area contributed by atoms with Crippen LogP contribution in [0.25, 0.3) is 0 Å². The minimum atomic E-state index is -1.54. The first kappa shape index (κ1) is 63.9. The van der Waals surface area contributed by atoms with Crippen molar-refractivity contribution in [2.24, 2.45) is 0 Å². The average Bonchev–Trinajstić information content (AvgIpc) is 3.34. The van der Waals surface area contributed by atoms with Crippen LogP contribution in [0.3, 0.4) is 0 Å². The van der Waals surface area contributed by atoms with Crippen LogP contribution in [0.4, 0.5) is 0 Å². The maximum Gasteiger partial charge on any atom is 0.306 e. The van der Waals surface area contributed by atoms with Crippen molar-refractivity contribution in [3.05, 3.63) is 60.8 Å². The first-order valence-electron chi connectivity index (χ1n) is 28.4. The lowest BCUT2D eigenvalue weighted by molar-refractivity contribution is -0.305. The van der Waals surface area contributed by atoms with Gasteiger partial charge in [0.15, 0.2) is 6.29 Å². The van der Waals surface area contributed by atoms with Crippen LogP contribution >= 0.6 is 0 Å². The maximum absolute atomic E-state index is 12.9. The number of aliphatic hydroxyl groups excluding tert-OH is 4. The molecule has 1 heterocycles. The summed E-state index contributed by atoms with van der Waals surface area (Å²) in [6.45, 7) is 4.54. The summed E-state index contributed by atoms with van der Waals surface area (Å²) < 4.78 is 23.0. The molecule has 6 atom stereocenters. The fourth-order valence-corrected chi connectivity index (χ4v) is 8.47. The zero-order valence-corrected chi connectivity index (χ0v) is 43.9. The molecule has 1 aliphatic heterocycles. The minimum absolute atomic E-state index is 0.117. The van der Waals surface area contributed by atoms with E-state index in [-0.39, 0.29) is 19.2 Å². The van der Waals surface area contributed by atoms with E-state index in [0.717, 1.165) is 51.4 Å². The van der Waals surface area contributed by atoms with E-state index in [4.69, 9.17) is 18.9 Å². The molecule has 68 heavy (non-hydrogen) atoms. The van der Waals surface area contributed by atoms with Crippen LogP contribution in [0.1, 0.15) is 245 Å². The van der Waals surface area contributed by atoms with E-state index in [0.29, 0.717) is 13.0 Å². The van der Waals surface area contributed by atoms with Crippen LogP contribution < -0.4 is 0 Å². The summed E-state index contributed by atoms with van der Waals surface area (Å²) in [7, 11) is 0. The minimum Gasteiger partial charge on any atom is -0.457 e. The molecule has 6 unspecified atom stereocenters. The molecule has 1 rings (SSSR count). The van der Waals surface area contributed by atoms with E-state index in [1.54, 1.807) is 0 Å². The molecule has 0 aliphatic carbocycles. The number of hydrogen-bond donors (Lipinski definition) is 4. The summed E-state index contributed by atoms with van der Waals surface area (Å²) in [6, 6.07) is 0. The monoisotopic (exact) mass is 959 g/mol. The molecule has 4 N–H and O–H groups in total. The Hall–Kier alpha value is -2.11. The predicted molar refractivity (Wildman–Crippen MR) is 284 cm³/mol. The fraction of sp³-hybridized carbons (Fsp3) is 0.814. The highest BCUT2D eigenvalue weighted by Crippen LogP contribution is 2.23. The molecule has 0 aromatic rings. The van der Waals surface area contributed by atoms with Crippen molar-refractivity contribution in [3.8, 4) is 0 Å². The van der Waals surface area contributed by atoms with Crippen LogP contribution in [0.2, 0.25) is 0 Å². The fourth-order valence-electron chi connectivity index (χ4n) is 8.47. The van der Waals surface area contributed by atoms with Gasteiger partial charge in [-0.2, -0.15) is 0 Å². The average molecular weight is 959 g/mol. The summed E-state index contributed by atoms with van der Waals surface area (Å²) >= 11 is 0. The summed E-state index contributed by atoms with van der Waals surface area (Å²) in [5, 5.41) is 40.3. The highest BCUT2D eigenvalue weighted by Gasteiger charge is 2.44. The number of rotatable bonds is 49. The number of carbonyl (C=O) groups excluding carboxylic acids is 1. The normalized spacial score (nSPS) is 19.5. The van der Waals surface area contributed by atoms with Crippen molar-refractivity contribution < 1.29 is 44.2 Å².